The Balaban J connectivity index is 2.87. The van der Waals surface area contributed by atoms with Crippen molar-refractivity contribution in [1.29, 1.82) is 0 Å². The van der Waals surface area contributed by atoms with Crippen molar-refractivity contribution in [2.75, 3.05) is 0 Å². The molecule has 5 heteroatoms. The average molecular weight is 312 g/mol. The number of carboxylic acids is 1. The number of aliphatic carboxylic acids is 1. The summed E-state index contributed by atoms with van der Waals surface area (Å²) >= 11 is 5.87. The quantitative estimate of drug-likeness (QED) is 0.810. The predicted octanol–water partition coefficient (Wildman–Crippen LogP) is 3.45. The van der Waals surface area contributed by atoms with E-state index in [0.29, 0.717) is 11.4 Å². The number of hydrogen-bond acceptors (Lipinski definition) is 2. The lowest BCUT2D eigenvalue weighted by atomic mass is 9.87. The van der Waals surface area contributed by atoms with Crippen LogP contribution in [0.5, 0.6) is 0 Å². The summed E-state index contributed by atoms with van der Waals surface area (Å²) < 4.78 is 0. The number of nitrogens with one attached hydrogen (secondary N) is 1. The highest BCUT2D eigenvalue weighted by Gasteiger charge is 2.26. The number of halogens is 1. The molecule has 1 amide bonds. The number of carboxylic acid groups (broad SMARTS) is 1. The van der Waals surface area contributed by atoms with Crippen LogP contribution in [-0.2, 0) is 9.59 Å². The topological polar surface area (TPSA) is 66.4 Å². The summed E-state index contributed by atoms with van der Waals surface area (Å²) in [6.07, 6.45) is 0.525. The molecule has 1 rings (SSSR count). The van der Waals surface area contributed by atoms with Crippen LogP contribution < -0.4 is 5.32 Å². The molecule has 1 aromatic carbocycles. The van der Waals surface area contributed by atoms with Gasteiger partial charge >= 0.3 is 5.97 Å². The second-order valence-corrected chi connectivity index (χ2v) is 5.92. The van der Waals surface area contributed by atoms with E-state index < -0.39 is 5.97 Å². The number of rotatable bonds is 7. The van der Waals surface area contributed by atoms with Crippen LogP contribution in [0.3, 0.4) is 0 Å². The molecule has 1 aromatic rings. The molecule has 21 heavy (non-hydrogen) atoms. The summed E-state index contributed by atoms with van der Waals surface area (Å²) in [4.78, 5) is 23.3. The Morgan fingerprint density at radius 1 is 1.24 bits per heavy atom. The molecule has 116 valence electrons. The van der Waals surface area contributed by atoms with E-state index in [1.165, 1.54) is 0 Å². The van der Waals surface area contributed by atoms with Crippen LogP contribution in [0.1, 0.15) is 45.1 Å². The first-order valence-electron chi connectivity index (χ1n) is 7.12. The Labute approximate surface area is 130 Å². The maximum Gasteiger partial charge on any atom is 0.305 e. The predicted molar refractivity (Wildman–Crippen MR) is 83.5 cm³/mol. The van der Waals surface area contributed by atoms with Crippen LogP contribution in [0.4, 0.5) is 0 Å². The minimum Gasteiger partial charge on any atom is -0.481 e. The zero-order chi connectivity index (χ0) is 16.0. The van der Waals surface area contributed by atoms with Gasteiger partial charge in [0.2, 0.25) is 5.91 Å². The van der Waals surface area contributed by atoms with E-state index >= 15 is 0 Å². The fraction of sp³-hybridized carbons (Fsp3) is 0.500. The van der Waals surface area contributed by atoms with Crippen LogP contribution in [0.25, 0.3) is 0 Å². The molecule has 0 aliphatic heterocycles. The summed E-state index contributed by atoms with van der Waals surface area (Å²) in [6, 6.07) is 6.85. The van der Waals surface area contributed by atoms with E-state index in [1.807, 2.05) is 32.9 Å². The van der Waals surface area contributed by atoms with Crippen molar-refractivity contribution in [3.8, 4) is 0 Å². The third kappa shape index (κ3) is 5.38. The molecule has 2 unspecified atom stereocenters. The molecule has 0 aliphatic carbocycles. The van der Waals surface area contributed by atoms with Gasteiger partial charge < -0.3 is 10.4 Å². The smallest absolute Gasteiger partial charge is 0.305 e. The molecule has 0 saturated carbocycles. The van der Waals surface area contributed by atoms with Crippen molar-refractivity contribution >= 4 is 23.5 Å². The van der Waals surface area contributed by atoms with Crippen LogP contribution in [-0.4, -0.2) is 23.0 Å². The zero-order valence-electron chi connectivity index (χ0n) is 12.6. The first-order valence-corrected chi connectivity index (χ1v) is 7.50. The lowest BCUT2D eigenvalue weighted by Gasteiger charge is -2.24. The summed E-state index contributed by atoms with van der Waals surface area (Å²) in [6.45, 7) is 5.80. The van der Waals surface area contributed by atoms with E-state index in [1.54, 1.807) is 12.1 Å². The molecule has 0 radical (unpaired) electrons. The van der Waals surface area contributed by atoms with E-state index in [0.717, 1.165) is 5.56 Å². The second-order valence-electron chi connectivity index (χ2n) is 5.48. The van der Waals surface area contributed by atoms with Crippen molar-refractivity contribution < 1.29 is 14.7 Å². The highest BCUT2D eigenvalue weighted by atomic mass is 35.5. The largest absolute Gasteiger partial charge is 0.481 e. The fourth-order valence-electron chi connectivity index (χ4n) is 2.31. The van der Waals surface area contributed by atoms with Crippen LogP contribution >= 0.6 is 11.6 Å². The van der Waals surface area contributed by atoms with Crippen molar-refractivity contribution in [1.82, 2.24) is 5.32 Å². The lowest BCUT2D eigenvalue weighted by molar-refractivity contribution is -0.137. The van der Waals surface area contributed by atoms with Gasteiger partial charge in [0.15, 0.2) is 0 Å². The van der Waals surface area contributed by atoms with E-state index in [9.17, 15) is 9.59 Å². The maximum atomic E-state index is 12.5. The first kappa shape index (κ1) is 17.5. The Kier molecular flexibility index (Phi) is 6.69. The number of benzene rings is 1. The highest BCUT2D eigenvalue weighted by molar-refractivity contribution is 6.30. The summed E-state index contributed by atoms with van der Waals surface area (Å²) in [5.74, 6) is -1.26. The molecule has 2 atom stereocenters. The highest BCUT2D eigenvalue weighted by Crippen LogP contribution is 2.26. The minimum atomic E-state index is -0.908. The first-order chi connectivity index (χ1) is 9.85. The average Bonchev–Trinajstić information content (AvgIpc) is 2.39. The lowest BCUT2D eigenvalue weighted by Crippen LogP contribution is -2.40. The number of carbonyl (C=O) groups excluding carboxylic acids is 1. The number of carbonyl (C=O) groups is 2. The molecule has 2 N–H and O–H groups in total. The van der Waals surface area contributed by atoms with Crippen LogP contribution in [0.2, 0.25) is 5.02 Å². The molecular weight excluding hydrogens is 290 g/mol. The van der Waals surface area contributed by atoms with Crippen LogP contribution in [0.15, 0.2) is 24.3 Å². The fourth-order valence-corrected chi connectivity index (χ4v) is 2.43. The Bertz CT molecular complexity index is 485. The number of hydrogen-bond donors (Lipinski definition) is 2. The third-order valence-corrected chi connectivity index (χ3v) is 3.69. The number of amides is 1. The van der Waals surface area contributed by atoms with Gasteiger partial charge in [-0.3, -0.25) is 9.59 Å². The van der Waals surface area contributed by atoms with Gasteiger partial charge in [-0.15, -0.1) is 0 Å². The van der Waals surface area contributed by atoms with Gasteiger partial charge in [0, 0.05) is 11.1 Å². The molecule has 0 aliphatic rings. The Morgan fingerprint density at radius 2 is 1.81 bits per heavy atom. The maximum absolute atomic E-state index is 12.5. The Hall–Kier alpha value is -1.55. The molecule has 0 aromatic heterocycles. The van der Waals surface area contributed by atoms with E-state index in [-0.39, 0.29) is 30.2 Å². The molecule has 0 saturated heterocycles. The van der Waals surface area contributed by atoms with E-state index in [2.05, 4.69) is 5.32 Å². The van der Waals surface area contributed by atoms with Crippen LogP contribution in [0, 0.1) is 5.92 Å². The van der Waals surface area contributed by atoms with Crippen molar-refractivity contribution in [3.05, 3.63) is 34.9 Å². The molecule has 4 nitrogen and oxygen atoms in total. The second kappa shape index (κ2) is 8.03. The molecule has 0 heterocycles. The van der Waals surface area contributed by atoms with Gasteiger partial charge in [-0.05, 0) is 30.0 Å². The monoisotopic (exact) mass is 311 g/mol. The molecule has 0 bridgehead atoms. The van der Waals surface area contributed by atoms with Gasteiger partial charge in [-0.25, -0.2) is 0 Å². The van der Waals surface area contributed by atoms with Gasteiger partial charge in [0.05, 0.1) is 12.3 Å². The molecule has 0 fully saturated rings. The van der Waals surface area contributed by atoms with Crippen molar-refractivity contribution in [3.63, 3.8) is 0 Å². The van der Waals surface area contributed by atoms with Gasteiger partial charge in [-0.1, -0.05) is 44.5 Å². The standard InChI is InChI=1S/C16H22ClNO3/c1-4-13(9-14(19)20)18-16(21)15(10(2)3)11-5-7-12(17)8-6-11/h5-8,10,13,15H,4,9H2,1-3H3,(H,18,21)(H,19,20). The summed E-state index contributed by atoms with van der Waals surface area (Å²) in [5, 5.41) is 12.3. The summed E-state index contributed by atoms with van der Waals surface area (Å²) in [5.41, 5.74) is 0.886. The SMILES string of the molecule is CCC(CC(=O)O)NC(=O)C(c1ccc(Cl)cc1)C(C)C. The zero-order valence-corrected chi connectivity index (χ0v) is 13.4. The summed E-state index contributed by atoms with van der Waals surface area (Å²) in [7, 11) is 0. The normalized spacial score (nSPS) is 13.8. The molecule has 0 spiro atoms. The van der Waals surface area contributed by atoms with Crippen molar-refractivity contribution in [2.24, 2.45) is 5.92 Å². The van der Waals surface area contributed by atoms with Gasteiger partial charge in [-0.2, -0.15) is 0 Å². The minimum absolute atomic E-state index is 0.0618. The van der Waals surface area contributed by atoms with Gasteiger partial charge in [0.1, 0.15) is 0 Å². The third-order valence-electron chi connectivity index (χ3n) is 3.44. The Morgan fingerprint density at radius 3 is 2.24 bits per heavy atom. The van der Waals surface area contributed by atoms with Gasteiger partial charge in [0.25, 0.3) is 0 Å². The molecular formula is C16H22ClNO3. The van der Waals surface area contributed by atoms with Crippen molar-refractivity contribution in [2.45, 2.75) is 45.6 Å². The van der Waals surface area contributed by atoms with E-state index in [4.69, 9.17) is 16.7 Å².